The lowest BCUT2D eigenvalue weighted by Gasteiger charge is -2.15. The van der Waals surface area contributed by atoms with Gasteiger partial charge in [0.15, 0.2) is 0 Å². The molecule has 0 atom stereocenters. The van der Waals surface area contributed by atoms with E-state index in [2.05, 4.69) is 37.2 Å². The molecule has 7 nitrogen and oxygen atoms in total. The average Bonchev–Trinajstić information content (AvgIpc) is 2.49. The van der Waals surface area contributed by atoms with E-state index in [9.17, 15) is 33.4 Å². The van der Waals surface area contributed by atoms with E-state index in [1.54, 1.807) is 6.07 Å². The summed E-state index contributed by atoms with van der Waals surface area (Å²) in [5, 5.41) is 24.3. The van der Waals surface area contributed by atoms with Gasteiger partial charge >= 0.3 is 6.18 Å². The number of alkyl halides is 3. The van der Waals surface area contributed by atoms with Crippen LogP contribution in [0.5, 0.6) is 0 Å². The molecule has 0 aliphatic carbocycles. The molecule has 0 heterocycles. The normalized spacial score (nSPS) is 11.2. The van der Waals surface area contributed by atoms with Gasteiger partial charge in [-0.2, -0.15) is 13.2 Å². The standard InChI is InChI=1S/C13H6Br2F3N3O4/c14-6-1-2-9(15)10(3-6)19-12-8(13(16,17)18)4-7(20(22)23)5-11(12)21(24)25/h1-5,19H. The first-order valence-corrected chi connectivity index (χ1v) is 7.85. The van der Waals surface area contributed by atoms with E-state index in [4.69, 9.17) is 0 Å². The minimum absolute atomic E-state index is 0.108. The highest BCUT2D eigenvalue weighted by Gasteiger charge is 2.39. The van der Waals surface area contributed by atoms with Crippen molar-refractivity contribution >= 4 is 54.6 Å². The summed E-state index contributed by atoms with van der Waals surface area (Å²) in [6.45, 7) is 0. The second-order valence-corrected chi connectivity index (χ2v) is 6.42. The van der Waals surface area contributed by atoms with E-state index in [-0.39, 0.29) is 11.8 Å². The van der Waals surface area contributed by atoms with Crippen molar-refractivity contribution < 1.29 is 23.0 Å². The van der Waals surface area contributed by atoms with Gasteiger partial charge in [-0.3, -0.25) is 20.2 Å². The number of benzene rings is 2. The van der Waals surface area contributed by atoms with Crippen molar-refractivity contribution in [1.29, 1.82) is 0 Å². The van der Waals surface area contributed by atoms with Crippen molar-refractivity contribution in [2.24, 2.45) is 0 Å². The Morgan fingerprint density at radius 1 is 1.00 bits per heavy atom. The van der Waals surface area contributed by atoms with Gasteiger partial charge in [-0.05, 0) is 34.1 Å². The minimum atomic E-state index is -5.04. The smallest absolute Gasteiger partial charge is 0.348 e. The summed E-state index contributed by atoms with van der Waals surface area (Å²) in [6, 6.07) is 5.24. The SMILES string of the molecule is O=[N+]([O-])c1cc([N+](=O)[O-])c(Nc2cc(Br)ccc2Br)c(C(F)(F)F)c1. The zero-order chi connectivity index (χ0) is 18.9. The number of hydrogen-bond donors (Lipinski definition) is 1. The first-order chi connectivity index (χ1) is 11.5. The third-order valence-corrected chi connectivity index (χ3v) is 4.19. The molecule has 0 amide bonds. The number of anilines is 2. The molecule has 2 aromatic rings. The second kappa shape index (κ2) is 6.96. The number of nitro benzene ring substituents is 2. The zero-order valence-corrected chi connectivity index (χ0v) is 15.0. The third kappa shape index (κ3) is 4.25. The number of nitrogens with zero attached hydrogens (tertiary/aromatic N) is 2. The van der Waals surface area contributed by atoms with Crippen LogP contribution in [0.15, 0.2) is 39.3 Å². The first kappa shape index (κ1) is 19.1. The molecule has 132 valence electrons. The van der Waals surface area contributed by atoms with Crippen LogP contribution in [0.2, 0.25) is 0 Å². The Labute approximate surface area is 154 Å². The Morgan fingerprint density at radius 2 is 1.64 bits per heavy atom. The van der Waals surface area contributed by atoms with Gasteiger partial charge in [0.05, 0.1) is 27.2 Å². The van der Waals surface area contributed by atoms with Crippen LogP contribution in [0.4, 0.5) is 35.9 Å². The monoisotopic (exact) mass is 483 g/mol. The molecule has 2 aromatic carbocycles. The Bertz CT molecular complexity index is 874. The number of rotatable bonds is 4. The van der Waals surface area contributed by atoms with Gasteiger partial charge in [-0.1, -0.05) is 15.9 Å². The molecule has 2 rings (SSSR count). The summed E-state index contributed by atoms with van der Waals surface area (Å²) in [7, 11) is 0. The fourth-order valence-electron chi connectivity index (χ4n) is 1.94. The minimum Gasteiger partial charge on any atom is -0.348 e. The lowest BCUT2D eigenvalue weighted by Crippen LogP contribution is -2.12. The Hall–Kier alpha value is -2.21. The summed E-state index contributed by atoms with van der Waals surface area (Å²) in [5.41, 5.74) is -4.38. The van der Waals surface area contributed by atoms with E-state index in [0.717, 1.165) is 0 Å². The highest BCUT2D eigenvalue weighted by atomic mass is 79.9. The molecule has 0 radical (unpaired) electrons. The van der Waals surface area contributed by atoms with Gasteiger partial charge in [0.2, 0.25) is 0 Å². The molecule has 12 heteroatoms. The lowest BCUT2D eigenvalue weighted by molar-refractivity contribution is -0.394. The zero-order valence-electron chi connectivity index (χ0n) is 11.8. The largest absolute Gasteiger partial charge is 0.418 e. The van der Waals surface area contributed by atoms with Gasteiger partial charge in [0, 0.05) is 15.0 Å². The van der Waals surface area contributed by atoms with Gasteiger partial charge in [0.25, 0.3) is 11.4 Å². The highest BCUT2D eigenvalue weighted by molar-refractivity contribution is 9.11. The molecular formula is C13H6Br2F3N3O4. The van der Waals surface area contributed by atoms with Crippen molar-refractivity contribution in [2.45, 2.75) is 6.18 Å². The molecular weight excluding hydrogens is 479 g/mol. The molecule has 1 N–H and O–H groups in total. The summed E-state index contributed by atoms with van der Waals surface area (Å²) in [4.78, 5) is 19.7. The summed E-state index contributed by atoms with van der Waals surface area (Å²) in [6.07, 6.45) is -5.04. The molecule has 0 unspecified atom stereocenters. The molecule has 0 aliphatic heterocycles. The van der Waals surface area contributed by atoms with Crippen LogP contribution < -0.4 is 5.32 Å². The number of nitro groups is 2. The van der Waals surface area contributed by atoms with E-state index < -0.39 is 38.6 Å². The number of hydrogen-bond acceptors (Lipinski definition) is 5. The third-order valence-electron chi connectivity index (χ3n) is 3.00. The van der Waals surface area contributed by atoms with Gasteiger partial charge in [0.1, 0.15) is 5.69 Å². The van der Waals surface area contributed by atoms with Crippen molar-refractivity contribution in [2.75, 3.05) is 5.32 Å². The molecule has 0 saturated carbocycles. The fourth-order valence-corrected chi connectivity index (χ4v) is 2.65. The molecule has 0 aliphatic rings. The van der Waals surface area contributed by atoms with Crippen LogP contribution >= 0.6 is 31.9 Å². The van der Waals surface area contributed by atoms with Crippen LogP contribution in [0.3, 0.4) is 0 Å². The summed E-state index contributed by atoms with van der Waals surface area (Å²) in [5.74, 6) is 0. The number of non-ortho nitro benzene ring substituents is 1. The van der Waals surface area contributed by atoms with Crippen molar-refractivity contribution in [3.63, 3.8) is 0 Å². The van der Waals surface area contributed by atoms with Crippen molar-refractivity contribution in [1.82, 2.24) is 0 Å². The predicted octanol–water partition coefficient (Wildman–Crippen LogP) is 5.79. The van der Waals surface area contributed by atoms with E-state index in [1.165, 1.54) is 12.1 Å². The molecule has 0 aromatic heterocycles. The molecule has 0 fully saturated rings. The fraction of sp³-hybridized carbons (Fsp3) is 0.0769. The van der Waals surface area contributed by atoms with E-state index >= 15 is 0 Å². The van der Waals surface area contributed by atoms with Crippen LogP contribution in [-0.2, 0) is 6.18 Å². The molecule has 0 spiro atoms. The van der Waals surface area contributed by atoms with Crippen LogP contribution in [0.25, 0.3) is 0 Å². The Kier molecular flexibility index (Phi) is 5.32. The quantitative estimate of drug-likeness (QED) is 0.437. The Balaban J connectivity index is 2.75. The lowest BCUT2D eigenvalue weighted by atomic mass is 10.1. The summed E-state index contributed by atoms with van der Waals surface area (Å²) < 4.78 is 40.8. The molecule has 0 bridgehead atoms. The Morgan fingerprint density at radius 3 is 2.16 bits per heavy atom. The van der Waals surface area contributed by atoms with E-state index in [1.807, 2.05) is 0 Å². The van der Waals surface area contributed by atoms with E-state index in [0.29, 0.717) is 15.0 Å². The van der Waals surface area contributed by atoms with Crippen molar-refractivity contribution in [3.8, 4) is 0 Å². The molecule has 25 heavy (non-hydrogen) atoms. The van der Waals surface area contributed by atoms with Gasteiger partial charge in [-0.15, -0.1) is 0 Å². The summed E-state index contributed by atoms with van der Waals surface area (Å²) >= 11 is 6.26. The second-order valence-electron chi connectivity index (χ2n) is 4.65. The maximum absolute atomic E-state index is 13.3. The van der Waals surface area contributed by atoms with Crippen LogP contribution in [0, 0.1) is 20.2 Å². The first-order valence-electron chi connectivity index (χ1n) is 6.27. The maximum atomic E-state index is 13.3. The molecule has 0 saturated heterocycles. The van der Waals surface area contributed by atoms with Crippen LogP contribution in [0.1, 0.15) is 5.56 Å². The topological polar surface area (TPSA) is 98.3 Å². The average molecular weight is 485 g/mol. The number of halogens is 5. The van der Waals surface area contributed by atoms with Gasteiger partial charge in [-0.25, -0.2) is 0 Å². The number of nitrogens with one attached hydrogen (secondary N) is 1. The maximum Gasteiger partial charge on any atom is 0.418 e. The van der Waals surface area contributed by atoms with Crippen molar-refractivity contribution in [3.05, 3.63) is 65.1 Å². The predicted molar refractivity (Wildman–Crippen MR) is 89.9 cm³/mol. The highest BCUT2D eigenvalue weighted by Crippen LogP contribution is 2.44. The van der Waals surface area contributed by atoms with Crippen LogP contribution in [-0.4, -0.2) is 9.85 Å². The van der Waals surface area contributed by atoms with Gasteiger partial charge < -0.3 is 5.32 Å².